The molecule has 7 heteroatoms. The molecule has 0 radical (unpaired) electrons. The maximum Gasteiger partial charge on any atom is 0.243 e. The zero-order valence-corrected chi connectivity index (χ0v) is 12.2. The lowest BCUT2D eigenvalue weighted by Gasteiger charge is -2.03. The van der Waals surface area contributed by atoms with Gasteiger partial charge in [-0.15, -0.1) is 0 Å². The molecule has 2 heterocycles. The van der Waals surface area contributed by atoms with Gasteiger partial charge < -0.3 is 10.3 Å². The smallest absolute Gasteiger partial charge is 0.243 e. The third-order valence-corrected chi connectivity index (χ3v) is 3.46. The fourth-order valence-corrected chi connectivity index (χ4v) is 2.09. The first-order valence-electron chi connectivity index (χ1n) is 5.40. The van der Waals surface area contributed by atoms with E-state index in [1.807, 2.05) is 18.4 Å². The molecule has 0 saturated heterocycles. The summed E-state index contributed by atoms with van der Waals surface area (Å²) in [6.45, 7) is 0. The van der Waals surface area contributed by atoms with Crippen LogP contribution in [0, 0.1) is 0 Å². The summed E-state index contributed by atoms with van der Waals surface area (Å²) in [6, 6.07) is 3.49. The summed E-state index contributed by atoms with van der Waals surface area (Å²) >= 11 is 5.07. The first-order valence-corrected chi connectivity index (χ1v) is 7.59. The molecule has 18 heavy (non-hydrogen) atoms. The van der Waals surface area contributed by atoms with E-state index in [0.717, 1.165) is 16.6 Å². The number of halogens is 1. The average Bonchev–Trinajstić information content (AvgIpc) is 2.86. The summed E-state index contributed by atoms with van der Waals surface area (Å²) in [4.78, 5) is 8.48. The van der Waals surface area contributed by atoms with Crippen molar-refractivity contribution in [3.8, 4) is 11.5 Å². The first kappa shape index (κ1) is 13.5. The lowest BCUT2D eigenvalue weighted by Crippen LogP contribution is -2.11. The first-order chi connectivity index (χ1) is 8.70. The van der Waals surface area contributed by atoms with E-state index in [-0.39, 0.29) is 6.04 Å². The van der Waals surface area contributed by atoms with Crippen molar-refractivity contribution in [2.24, 2.45) is 5.73 Å². The molecular weight excluding hydrogens is 316 g/mol. The summed E-state index contributed by atoms with van der Waals surface area (Å²) in [7, 11) is 0. The third-order valence-electron chi connectivity index (χ3n) is 2.35. The van der Waals surface area contributed by atoms with Crippen LogP contribution in [0.5, 0.6) is 0 Å². The van der Waals surface area contributed by atoms with Gasteiger partial charge in [0.15, 0.2) is 0 Å². The number of nitrogens with two attached hydrogens (primary N) is 1. The molecule has 0 aliphatic heterocycles. The minimum Gasteiger partial charge on any atom is -0.337 e. The highest BCUT2D eigenvalue weighted by Gasteiger charge is 2.15. The highest BCUT2D eigenvalue weighted by atomic mass is 79.9. The van der Waals surface area contributed by atoms with Crippen molar-refractivity contribution in [3.05, 3.63) is 28.7 Å². The zero-order valence-electron chi connectivity index (χ0n) is 9.84. The summed E-state index contributed by atoms with van der Waals surface area (Å²) < 4.78 is 6.07. The van der Waals surface area contributed by atoms with E-state index < -0.39 is 0 Å². The van der Waals surface area contributed by atoms with Gasteiger partial charge in [-0.05, 0) is 46.5 Å². The van der Waals surface area contributed by atoms with E-state index in [2.05, 4.69) is 31.1 Å². The Bertz CT molecular complexity index is 502. The molecule has 0 amide bonds. The summed E-state index contributed by atoms with van der Waals surface area (Å²) in [5.74, 6) is 1.90. The Balaban J connectivity index is 2.12. The number of aromatic nitrogens is 3. The van der Waals surface area contributed by atoms with Crippen LogP contribution in [0.2, 0.25) is 0 Å². The average molecular weight is 329 g/mol. The molecule has 0 spiro atoms. The second kappa shape index (κ2) is 6.31. The molecule has 0 unspecified atom stereocenters. The number of hydrogen-bond donors (Lipinski definition) is 1. The predicted molar refractivity (Wildman–Crippen MR) is 75.2 cm³/mol. The predicted octanol–water partition coefficient (Wildman–Crippen LogP) is 2.65. The second-order valence-electron chi connectivity index (χ2n) is 3.71. The molecular formula is C11H13BrN4OS. The topological polar surface area (TPSA) is 77.8 Å². The minimum absolute atomic E-state index is 0.214. The van der Waals surface area contributed by atoms with Gasteiger partial charge in [0.2, 0.25) is 11.7 Å². The molecule has 0 aliphatic rings. The Morgan fingerprint density at radius 1 is 1.50 bits per heavy atom. The lowest BCUT2D eigenvalue weighted by molar-refractivity contribution is 0.353. The van der Waals surface area contributed by atoms with Gasteiger partial charge >= 0.3 is 0 Å². The number of pyridine rings is 1. The van der Waals surface area contributed by atoms with Gasteiger partial charge in [-0.3, -0.25) is 4.98 Å². The Morgan fingerprint density at radius 3 is 3.00 bits per heavy atom. The SMILES string of the molecule is CSCC[C@H](N)c1nc(-c2ccc(Br)cn2)no1. The molecule has 0 aromatic carbocycles. The second-order valence-corrected chi connectivity index (χ2v) is 5.61. The summed E-state index contributed by atoms with van der Waals surface area (Å²) in [5.41, 5.74) is 6.63. The van der Waals surface area contributed by atoms with Gasteiger partial charge in [-0.2, -0.15) is 16.7 Å². The maximum atomic E-state index is 5.96. The Morgan fingerprint density at radius 2 is 2.33 bits per heavy atom. The maximum absolute atomic E-state index is 5.96. The molecule has 0 fully saturated rings. The molecule has 2 N–H and O–H groups in total. The van der Waals surface area contributed by atoms with Crippen molar-refractivity contribution in [2.75, 3.05) is 12.0 Å². The van der Waals surface area contributed by atoms with Crippen LogP contribution in [-0.4, -0.2) is 27.1 Å². The van der Waals surface area contributed by atoms with Crippen LogP contribution in [0.4, 0.5) is 0 Å². The molecule has 5 nitrogen and oxygen atoms in total. The van der Waals surface area contributed by atoms with Crippen LogP contribution in [0.3, 0.4) is 0 Å². The van der Waals surface area contributed by atoms with E-state index >= 15 is 0 Å². The molecule has 96 valence electrons. The van der Waals surface area contributed by atoms with E-state index in [1.54, 1.807) is 18.0 Å². The third kappa shape index (κ3) is 3.30. The Kier molecular flexibility index (Phi) is 4.73. The van der Waals surface area contributed by atoms with Gasteiger partial charge in [0.05, 0.1) is 6.04 Å². The van der Waals surface area contributed by atoms with Crippen molar-refractivity contribution in [1.82, 2.24) is 15.1 Å². The number of rotatable bonds is 5. The minimum atomic E-state index is -0.214. The lowest BCUT2D eigenvalue weighted by atomic mass is 10.2. The van der Waals surface area contributed by atoms with Gasteiger partial charge in [-0.25, -0.2) is 0 Å². The standard InChI is InChI=1S/C11H13BrN4OS/c1-18-5-4-8(13)11-15-10(16-17-11)9-3-2-7(12)6-14-9/h2-3,6,8H,4-5,13H2,1H3/t8-/m0/s1. The number of nitrogens with zero attached hydrogens (tertiary/aromatic N) is 3. The monoisotopic (exact) mass is 328 g/mol. The van der Waals surface area contributed by atoms with Crippen LogP contribution in [0.15, 0.2) is 27.3 Å². The Hall–Kier alpha value is -0.920. The quantitative estimate of drug-likeness (QED) is 0.909. The fourth-order valence-electron chi connectivity index (χ4n) is 1.37. The van der Waals surface area contributed by atoms with Crippen molar-refractivity contribution in [2.45, 2.75) is 12.5 Å². The molecule has 1 atom stereocenters. The van der Waals surface area contributed by atoms with Crippen molar-refractivity contribution in [3.63, 3.8) is 0 Å². The van der Waals surface area contributed by atoms with Crippen LogP contribution >= 0.6 is 27.7 Å². The van der Waals surface area contributed by atoms with E-state index in [9.17, 15) is 0 Å². The van der Waals surface area contributed by atoms with E-state index in [4.69, 9.17) is 10.3 Å². The Labute approximate surface area is 118 Å². The highest BCUT2D eigenvalue weighted by molar-refractivity contribution is 9.10. The van der Waals surface area contributed by atoms with Crippen molar-refractivity contribution in [1.29, 1.82) is 0 Å². The van der Waals surface area contributed by atoms with E-state index in [1.165, 1.54) is 0 Å². The molecule has 2 rings (SSSR count). The van der Waals surface area contributed by atoms with Gasteiger partial charge in [0.1, 0.15) is 5.69 Å². The van der Waals surface area contributed by atoms with Gasteiger partial charge in [0, 0.05) is 10.7 Å². The zero-order chi connectivity index (χ0) is 13.0. The molecule has 0 saturated carbocycles. The van der Waals surface area contributed by atoms with Crippen LogP contribution in [0.1, 0.15) is 18.4 Å². The van der Waals surface area contributed by atoms with Gasteiger partial charge in [0.25, 0.3) is 0 Å². The molecule has 2 aromatic rings. The fraction of sp³-hybridized carbons (Fsp3) is 0.364. The molecule has 2 aromatic heterocycles. The normalized spacial score (nSPS) is 12.6. The van der Waals surface area contributed by atoms with Crippen molar-refractivity contribution < 1.29 is 4.52 Å². The summed E-state index contributed by atoms with van der Waals surface area (Å²) in [6.07, 6.45) is 4.55. The largest absolute Gasteiger partial charge is 0.337 e. The summed E-state index contributed by atoms with van der Waals surface area (Å²) in [5, 5.41) is 3.89. The molecule has 0 bridgehead atoms. The van der Waals surface area contributed by atoms with Gasteiger partial charge in [-0.1, -0.05) is 5.16 Å². The van der Waals surface area contributed by atoms with Crippen LogP contribution < -0.4 is 5.73 Å². The van der Waals surface area contributed by atoms with E-state index in [0.29, 0.717) is 17.4 Å². The van der Waals surface area contributed by atoms with Crippen LogP contribution in [0.25, 0.3) is 11.5 Å². The molecule has 0 aliphatic carbocycles. The van der Waals surface area contributed by atoms with Crippen molar-refractivity contribution >= 4 is 27.7 Å². The van der Waals surface area contributed by atoms with Crippen LogP contribution in [-0.2, 0) is 0 Å². The number of hydrogen-bond acceptors (Lipinski definition) is 6. The number of thioether (sulfide) groups is 1. The highest BCUT2D eigenvalue weighted by Crippen LogP contribution is 2.19.